The minimum Gasteiger partial charge on any atom is -0.346 e. The van der Waals surface area contributed by atoms with Crippen molar-refractivity contribution in [2.75, 3.05) is 5.32 Å². The van der Waals surface area contributed by atoms with Crippen molar-refractivity contribution in [2.45, 2.75) is 26.3 Å². The molecule has 110 valence electrons. The summed E-state index contributed by atoms with van der Waals surface area (Å²) in [5, 5.41) is 5.94. The number of anilines is 2. The highest BCUT2D eigenvalue weighted by molar-refractivity contribution is 9.10. The van der Waals surface area contributed by atoms with Crippen LogP contribution in [0.2, 0.25) is 0 Å². The van der Waals surface area contributed by atoms with E-state index in [-0.39, 0.29) is 11.4 Å². The summed E-state index contributed by atoms with van der Waals surface area (Å²) in [7, 11) is 0. The second kappa shape index (κ2) is 6.22. The van der Waals surface area contributed by atoms with Gasteiger partial charge in [-0.25, -0.2) is 9.97 Å². The first kappa shape index (κ1) is 15.4. The summed E-state index contributed by atoms with van der Waals surface area (Å²) < 4.78 is 0.993. The molecule has 0 unspecified atom stereocenters. The molecule has 2 aromatic rings. The number of nitrogens with one attached hydrogen (secondary N) is 2. The number of halogens is 1. The highest BCUT2D eigenvalue weighted by Crippen LogP contribution is 2.17. The Balaban J connectivity index is 2.14. The topological polar surface area (TPSA) is 66.9 Å². The van der Waals surface area contributed by atoms with Crippen molar-refractivity contribution < 1.29 is 4.79 Å². The van der Waals surface area contributed by atoms with E-state index in [4.69, 9.17) is 0 Å². The lowest BCUT2D eigenvalue weighted by Crippen LogP contribution is -2.41. The van der Waals surface area contributed by atoms with Crippen LogP contribution in [0.5, 0.6) is 0 Å². The average Bonchev–Trinajstić information content (AvgIpc) is 2.40. The minimum atomic E-state index is -0.304. The molecular formula is C15H17BrN4O. The van der Waals surface area contributed by atoms with Gasteiger partial charge in [-0.05, 0) is 51.1 Å². The van der Waals surface area contributed by atoms with Crippen LogP contribution in [0, 0.1) is 0 Å². The SMILES string of the molecule is CC(C)(C)NC(=O)c1ccnc(Nc2ccc(Br)cc2)n1. The molecule has 2 rings (SSSR count). The van der Waals surface area contributed by atoms with Crippen LogP contribution in [0.15, 0.2) is 41.0 Å². The van der Waals surface area contributed by atoms with Gasteiger partial charge in [0, 0.05) is 21.9 Å². The lowest BCUT2D eigenvalue weighted by atomic mass is 10.1. The van der Waals surface area contributed by atoms with Gasteiger partial charge in [-0.3, -0.25) is 4.79 Å². The summed E-state index contributed by atoms with van der Waals surface area (Å²) in [5.41, 5.74) is 0.882. The second-order valence-corrected chi connectivity index (χ2v) is 6.52. The number of rotatable bonds is 3. The molecule has 1 heterocycles. The highest BCUT2D eigenvalue weighted by Gasteiger charge is 2.16. The van der Waals surface area contributed by atoms with Crippen LogP contribution in [0.4, 0.5) is 11.6 Å². The summed E-state index contributed by atoms with van der Waals surface area (Å²) in [5.74, 6) is 0.169. The Morgan fingerprint density at radius 3 is 2.43 bits per heavy atom. The van der Waals surface area contributed by atoms with Gasteiger partial charge in [0.25, 0.3) is 5.91 Å². The van der Waals surface area contributed by atoms with Gasteiger partial charge in [-0.1, -0.05) is 15.9 Å². The van der Waals surface area contributed by atoms with Crippen LogP contribution in [0.3, 0.4) is 0 Å². The quantitative estimate of drug-likeness (QED) is 0.890. The summed E-state index contributed by atoms with van der Waals surface area (Å²) >= 11 is 3.38. The molecule has 0 saturated carbocycles. The Labute approximate surface area is 132 Å². The van der Waals surface area contributed by atoms with E-state index >= 15 is 0 Å². The van der Waals surface area contributed by atoms with Gasteiger partial charge in [-0.2, -0.15) is 0 Å². The van der Waals surface area contributed by atoms with Crippen molar-refractivity contribution >= 4 is 33.5 Å². The third-order valence-corrected chi connectivity index (χ3v) is 3.01. The molecule has 1 amide bonds. The summed E-state index contributed by atoms with van der Waals surface area (Å²) in [6.07, 6.45) is 1.56. The molecule has 0 radical (unpaired) electrons. The van der Waals surface area contributed by atoms with Crippen molar-refractivity contribution in [2.24, 2.45) is 0 Å². The third-order valence-electron chi connectivity index (χ3n) is 2.48. The van der Waals surface area contributed by atoms with Gasteiger partial charge in [0.15, 0.2) is 0 Å². The van der Waals surface area contributed by atoms with Gasteiger partial charge >= 0.3 is 0 Å². The number of amides is 1. The Kier molecular flexibility index (Phi) is 4.57. The maximum Gasteiger partial charge on any atom is 0.270 e. The molecule has 6 heteroatoms. The van der Waals surface area contributed by atoms with E-state index in [9.17, 15) is 4.79 Å². The van der Waals surface area contributed by atoms with Gasteiger partial charge in [0.1, 0.15) is 5.69 Å². The molecule has 1 aromatic heterocycles. The van der Waals surface area contributed by atoms with Crippen LogP contribution >= 0.6 is 15.9 Å². The fourth-order valence-corrected chi connectivity index (χ4v) is 1.88. The normalized spacial score (nSPS) is 11.0. The predicted molar refractivity (Wildman–Crippen MR) is 86.7 cm³/mol. The molecule has 0 aliphatic carbocycles. The molecule has 0 saturated heterocycles. The molecule has 0 aliphatic rings. The number of aromatic nitrogens is 2. The lowest BCUT2D eigenvalue weighted by Gasteiger charge is -2.20. The first-order chi connectivity index (χ1) is 9.83. The van der Waals surface area contributed by atoms with E-state index in [1.165, 1.54) is 0 Å². The maximum atomic E-state index is 12.1. The molecule has 0 aliphatic heterocycles. The zero-order valence-electron chi connectivity index (χ0n) is 12.1. The zero-order chi connectivity index (χ0) is 15.5. The molecule has 0 spiro atoms. The Morgan fingerprint density at radius 2 is 1.81 bits per heavy atom. The van der Waals surface area contributed by atoms with Crippen LogP contribution in [-0.2, 0) is 0 Å². The molecule has 0 atom stereocenters. The van der Waals surface area contributed by atoms with E-state index in [2.05, 4.69) is 36.5 Å². The van der Waals surface area contributed by atoms with E-state index in [0.717, 1.165) is 10.2 Å². The van der Waals surface area contributed by atoms with Gasteiger partial charge in [-0.15, -0.1) is 0 Å². The van der Waals surface area contributed by atoms with Crippen molar-refractivity contribution in [1.82, 2.24) is 15.3 Å². The van der Waals surface area contributed by atoms with E-state index in [1.807, 2.05) is 45.0 Å². The number of carbonyl (C=O) groups is 1. The third kappa shape index (κ3) is 4.82. The number of nitrogens with zero attached hydrogens (tertiary/aromatic N) is 2. The smallest absolute Gasteiger partial charge is 0.270 e. The largest absolute Gasteiger partial charge is 0.346 e. The molecule has 0 fully saturated rings. The standard InChI is InChI=1S/C15H17BrN4O/c1-15(2,3)20-13(21)12-8-9-17-14(19-12)18-11-6-4-10(16)5-7-11/h4-9H,1-3H3,(H,20,21)(H,17,18,19). The first-order valence-corrected chi connectivity index (χ1v) is 7.31. The Morgan fingerprint density at radius 1 is 1.14 bits per heavy atom. The van der Waals surface area contributed by atoms with Gasteiger partial charge < -0.3 is 10.6 Å². The van der Waals surface area contributed by atoms with Crippen LogP contribution < -0.4 is 10.6 Å². The van der Waals surface area contributed by atoms with E-state index in [0.29, 0.717) is 11.6 Å². The molecule has 0 bridgehead atoms. The fraction of sp³-hybridized carbons (Fsp3) is 0.267. The van der Waals surface area contributed by atoms with Crippen molar-refractivity contribution in [3.63, 3.8) is 0 Å². The monoisotopic (exact) mass is 348 g/mol. The minimum absolute atomic E-state index is 0.219. The van der Waals surface area contributed by atoms with Gasteiger partial charge in [0.2, 0.25) is 5.95 Å². The van der Waals surface area contributed by atoms with E-state index in [1.54, 1.807) is 12.3 Å². The van der Waals surface area contributed by atoms with E-state index < -0.39 is 0 Å². The average molecular weight is 349 g/mol. The van der Waals surface area contributed by atoms with Crippen LogP contribution in [-0.4, -0.2) is 21.4 Å². The lowest BCUT2D eigenvalue weighted by molar-refractivity contribution is 0.0914. The Bertz CT molecular complexity index is 635. The van der Waals surface area contributed by atoms with Crippen LogP contribution in [0.25, 0.3) is 0 Å². The maximum absolute atomic E-state index is 12.1. The highest BCUT2D eigenvalue weighted by atomic mass is 79.9. The molecule has 21 heavy (non-hydrogen) atoms. The second-order valence-electron chi connectivity index (χ2n) is 5.60. The zero-order valence-corrected chi connectivity index (χ0v) is 13.7. The number of benzene rings is 1. The van der Waals surface area contributed by atoms with Crippen molar-refractivity contribution in [3.05, 3.63) is 46.7 Å². The summed E-state index contributed by atoms with van der Waals surface area (Å²) in [6, 6.07) is 9.22. The predicted octanol–water partition coefficient (Wildman–Crippen LogP) is 3.51. The molecule has 1 aromatic carbocycles. The summed E-state index contributed by atoms with van der Waals surface area (Å²) in [6.45, 7) is 5.77. The molecular weight excluding hydrogens is 332 g/mol. The Hall–Kier alpha value is -1.95. The number of hydrogen-bond donors (Lipinski definition) is 2. The van der Waals surface area contributed by atoms with Crippen molar-refractivity contribution in [1.29, 1.82) is 0 Å². The number of hydrogen-bond acceptors (Lipinski definition) is 4. The molecule has 2 N–H and O–H groups in total. The first-order valence-electron chi connectivity index (χ1n) is 6.52. The van der Waals surface area contributed by atoms with Crippen molar-refractivity contribution in [3.8, 4) is 0 Å². The number of carbonyl (C=O) groups excluding carboxylic acids is 1. The molecule has 5 nitrogen and oxygen atoms in total. The fourth-order valence-electron chi connectivity index (χ4n) is 1.61. The van der Waals surface area contributed by atoms with Gasteiger partial charge in [0.05, 0.1) is 0 Å². The summed E-state index contributed by atoms with van der Waals surface area (Å²) in [4.78, 5) is 20.4. The van der Waals surface area contributed by atoms with Crippen LogP contribution in [0.1, 0.15) is 31.3 Å².